The van der Waals surface area contributed by atoms with Gasteiger partial charge in [-0.25, -0.2) is 18.3 Å². The predicted molar refractivity (Wildman–Crippen MR) is 55.7 cm³/mol. The Morgan fingerprint density at radius 2 is 2.14 bits per heavy atom. The first-order valence-corrected chi connectivity index (χ1v) is 5.04. The second-order valence-corrected chi connectivity index (χ2v) is 3.90. The highest BCUT2D eigenvalue weighted by atomic mass is 127. The number of rotatable bonds is 1. The molecule has 0 atom stereocenters. The van der Waals surface area contributed by atoms with E-state index < -0.39 is 6.43 Å². The third kappa shape index (κ3) is 1.56. The molecule has 0 radical (unpaired) electrons. The minimum atomic E-state index is -2.59. The molecule has 0 N–H and O–H groups in total. The van der Waals surface area contributed by atoms with Gasteiger partial charge in [-0.15, -0.1) is 5.10 Å². The van der Waals surface area contributed by atoms with Gasteiger partial charge in [0.1, 0.15) is 5.69 Å². The Morgan fingerprint density at radius 3 is 2.79 bits per heavy atom. The number of hydrogen-bond donors (Lipinski definition) is 0. The summed E-state index contributed by atoms with van der Waals surface area (Å²) in [6, 6.07) is 2.63. The fraction of sp³-hybridized carbons (Fsp3) is 0.143. The van der Waals surface area contributed by atoms with Crippen LogP contribution in [0.1, 0.15) is 12.1 Å². The van der Waals surface area contributed by atoms with Crippen molar-refractivity contribution in [1.29, 1.82) is 0 Å². The predicted octanol–water partition coefficient (Wildman–Crippen LogP) is 2.92. The van der Waals surface area contributed by atoms with E-state index in [1.54, 1.807) is 0 Å². The Labute approximate surface area is 96.2 Å². The SMILES string of the molecule is FC(F)c1ccc(Cl)c2nc(I)nn12. The third-order valence-corrected chi connectivity index (χ3v) is 2.42. The fourth-order valence-electron chi connectivity index (χ4n) is 1.09. The van der Waals surface area contributed by atoms with Crippen molar-refractivity contribution in [1.82, 2.24) is 14.6 Å². The third-order valence-electron chi connectivity index (χ3n) is 1.66. The van der Waals surface area contributed by atoms with Crippen LogP contribution in [0.4, 0.5) is 8.78 Å². The van der Waals surface area contributed by atoms with Crippen LogP contribution in [-0.4, -0.2) is 14.6 Å². The van der Waals surface area contributed by atoms with Crippen LogP contribution in [0.3, 0.4) is 0 Å². The standard InChI is InChI=1S/C7H3ClF2IN3/c8-3-1-2-4(5(9)10)14-6(3)12-7(11)13-14/h1-2,5H. The molecule has 0 unspecified atom stereocenters. The first kappa shape index (κ1) is 10.0. The molecule has 14 heavy (non-hydrogen) atoms. The summed E-state index contributed by atoms with van der Waals surface area (Å²) in [5.74, 6) is 0. The molecular weight excluding hydrogens is 326 g/mol. The van der Waals surface area contributed by atoms with Crippen molar-refractivity contribution in [3.05, 3.63) is 26.7 Å². The van der Waals surface area contributed by atoms with Crippen molar-refractivity contribution in [2.75, 3.05) is 0 Å². The minimum Gasteiger partial charge on any atom is -0.210 e. The van der Waals surface area contributed by atoms with E-state index in [4.69, 9.17) is 11.6 Å². The van der Waals surface area contributed by atoms with Gasteiger partial charge in [-0.05, 0) is 12.1 Å². The molecular formula is C7H3ClF2IN3. The Morgan fingerprint density at radius 1 is 1.43 bits per heavy atom. The number of alkyl halides is 2. The van der Waals surface area contributed by atoms with Gasteiger partial charge in [0.15, 0.2) is 5.65 Å². The summed E-state index contributed by atoms with van der Waals surface area (Å²) in [7, 11) is 0. The molecule has 2 aromatic rings. The van der Waals surface area contributed by atoms with Crippen molar-refractivity contribution in [2.24, 2.45) is 0 Å². The normalized spacial score (nSPS) is 11.5. The molecule has 0 saturated heterocycles. The smallest absolute Gasteiger partial charge is 0.210 e. The maximum Gasteiger partial charge on any atom is 0.280 e. The van der Waals surface area contributed by atoms with Crippen molar-refractivity contribution >= 4 is 39.8 Å². The molecule has 0 spiro atoms. The summed E-state index contributed by atoms with van der Waals surface area (Å²) < 4.78 is 26.5. The zero-order valence-corrected chi connectivity index (χ0v) is 9.50. The van der Waals surface area contributed by atoms with E-state index in [2.05, 4.69) is 10.1 Å². The molecule has 2 rings (SSSR count). The highest BCUT2D eigenvalue weighted by molar-refractivity contribution is 14.1. The lowest BCUT2D eigenvalue weighted by molar-refractivity contribution is 0.143. The van der Waals surface area contributed by atoms with Gasteiger partial charge in [-0.1, -0.05) is 11.6 Å². The molecule has 0 aliphatic heterocycles. The molecule has 2 aromatic heterocycles. The van der Waals surface area contributed by atoms with Gasteiger partial charge in [0, 0.05) is 22.6 Å². The minimum absolute atomic E-state index is 0.209. The van der Waals surface area contributed by atoms with Gasteiger partial charge >= 0.3 is 0 Å². The van der Waals surface area contributed by atoms with Crippen LogP contribution in [0.25, 0.3) is 5.65 Å². The summed E-state index contributed by atoms with van der Waals surface area (Å²) in [4.78, 5) is 3.93. The van der Waals surface area contributed by atoms with Crippen molar-refractivity contribution in [2.45, 2.75) is 6.43 Å². The van der Waals surface area contributed by atoms with E-state index in [1.165, 1.54) is 12.1 Å². The van der Waals surface area contributed by atoms with E-state index >= 15 is 0 Å². The summed E-state index contributed by atoms with van der Waals surface area (Å²) in [5.41, 5.74) is 0.0497. The van der Waals surface area contributed by atoms with Crippen LogP contribution in [0.15, 0.2) is 12.1 Å². The zero-order chi connectivity index (χ0) is 10.3. The number of pyridine rings is 1. The topological polar surface area (TPSA) is 30.2 Å². The lowest BCUT2D eigenvalue weighted by Crippen LogP contribution is -1.99. The first-order valence-electron chi connectivity index (χ1n) is 3.58. The van der Waals surface area contributed by atoms with E-state index in [1.807, 2.05) is 22.6 Å². The molecule has 0 fully saturated rings. The number of halogens is 4. The average Bonchev–Trinajstić information content (AvgIpc) is 2.47. The molecule has 7 heteroatoms. The second-order valence-electron chi connectivity index (χ2n) is 2.52. The molecule has 0 aliphatic carbocycles. The Hall–Kier alpha value is -0.500. The van der Waals surface area contributed by atoms with Gasteiger partial charge in [-0.2, -0.15) is 0 Å². The van der Waals surface area contributed by atoms with Crippen LogP contribution >= 0.6 is 34.2 Å². The van der Waals surface area contributed by atoms with E-state index in [0.717, 1.165) is 4.52 Å². The Bertz CT molecular complexity index is 485. The van der Waals surface area contributed by atoms with Gasteiger partial charge in [-0.3, -0.25) is 0 Å². The largest absolute Gasteiger partial charge is 0.280 e. The second kappa shape index (κ2) is 3.58. The quantitative estimate of drug-likeness (QED) is 0.753. The molecule has 0 aliphatic rings. The Balaban J connectivity index is 2.81. The molecule has 0 saturated carbocycles. The van der Waals surface area contributed by atoms with Crippen LogP contribution < -0.4 is 0 Å². The summed E-state index contributed by atoms with van der Waals surface area (Å²) in [6.45, 7) is 0. The maximum atomic E-state index is 12.5. The van der Waals surface area contributed by atoms with Crippen molar-refractivity contribution in [3.8, 4) is 0 Å². The van der Waals surface area contributed by atoms with Crippen molar-refractivity contribution in [3.63, 3.8) is 0 Å². The van der Waals surface area contributed by atoms with Gasteiger partial charge in [0.2, 0.25) is 3.83 Å². The van der Waals surface area contributed by atoms with Crippen LogP contribution in [-0.2, 0) is 0 Å². The van der Waals surface area contributed by atoms with E-state index in [-0.39, 0.29) is 11.3 Å². The monoisotopic (exact) mass is 329 g/mol. The highest BCUT2D eigenvalue weighted by Gasteiger charge is 2.15. The molecule has 74 valence electrons. The van der Waals surface area contributed by atoms with Crippen LogP contribution in [0.5, 0.6) is 0 Å². The molecule has 2 heterocycles. The van der Waals surface area contributed by atoms with E-state index in [0.29, 0.717) is 8.85 Å². The molecule has 0 amide bonds. The van der Waals surface area contributed by atoms with Gasteiger partial charge in [0.25, 0.3) is 6.43 Å². The molecule has 0 aromatic carbocycles. The van der Waals surface area contributed by atoms with Gasteiger partial charge < -0.3 is 0 Å². The lowest BCUT2D eigenvalue weighted by atomic mass is 10.3. The number of nitrogens with zero attached hydrogens (tertiary/aromatic N) is 3. The summed E-state index contributed by atoms with van der Waals surface area (Å²) >= 11 is 7.62. The number of aromatic nitrogens is 3. The molecule has 3 nitrogen and oxygen atoms in total. The van der Waals surface area contributed by atoms with Crippen LogP contribution in [0, 0.1) is 3.83 Å². The first-order chi connectivity index (χ1) is 6.59. The summed E-state index contributed by atoms with van der Waals surface area (Å²) in [6.07, 6.45) is -2.59. The number of hydrogen-bond acceptors (Lipinski definition) is 2. The van der Waals surface area contributed by atoms with Crippen molar-refractivity contribution < 1.29 is 8.78 Å². The maximum absolute atomic E-state index is 12.5. The van der Waals surface area contributed by atoms with Crippen LogP contribution in [0.2, 0.25) is 5.02 Å². The van der Waals surface area contributed by atoms with Gasteiger partial charge in [0.05, 0.1) is 5.02 Å². The highest BCUT2D eigenvalue weighted by Crippen LogP contribution is 2.24. The average molecular weight is 329 g/mol. The molecule has 0 bridgehead atoms. The lowest BCUT2D eigenvalue weighted by Gasteiger charge is -2.02. The zero-order valence-electron chi connectivity index (χ0n) is 6.59. The fourth-order valence-corrected chi connectivity index (χ4v) is 1.72. The van der Waals surface area contributed by atoms with E-state index in [9.17, 15) is 8.78 Å². The summed E-state index contributed by atoms with van der Waals surface area (Å²) in [5, 5.41) is 4.13. The Kier molecular flexibility index (Phi) is 2.56. The number of fused-ring (bicyclic) bond motifs is 1.